The molecule has 1 saturated heterocycles. The first kappa shape index (κ1) is 26.5. The summed E-state index contributed by atoms with van der Waals surface area (Å²) < 4.78 is 5.73. The highest BCUT2D eigenvalue weighted by molar-refractivity contribution is 6.34. The number of carbonyl (C=O) groups excluding carboxylic acids is 2. The number of unbranched alkanes of at least 4 members (excludes halogenated alkanes) is 2. The molecular weight excluding hydrogens is 472 g/mol. The Morgan fingerprint density at radius 3 is 2.58 bits per heavy atom. The Labute approximate surface area is 220 Å². The summed E-state index contributed by atoms with van der Waals surface area (Å²) in [5, 5.41) is 0.489. The number of carbonyl (C=O) groups is 2. The summed E-state index contributed by atoms with van der Waals surface area (Å²) in [5.74, 6) is -0.213. The Kier molecular flexibility index (Phi) is 9.30. The average molecular weight is 511 g/mol. The van der Waals surface area contributed by atoms with E-state index in [1.54, 1.807) is 0 Å². The van der Waals surface area contributed by atoms with Crippen LogP contribution in [0.25, 0.3) is 0 Å². The maximum absolute atomic E-state index is 13.7. The fraction of sp³-hybridized carbons (Fsp3) is 0.533. The minimum Gasteiger partial charge on any atom is -0.463 e. The molecule has 5 nitrogen and oxygen atoms in total. The van der Waals surface area contributed by atoms with Crippen LogP contribution in [0, 0.1) is 0 Å². The molecule has 0 aromatic heterocycles. The van der Waals surface area contributed by atoms with Crippen LogP contribution in [0.3, 0.4) is 0 Å². The van der Waals surface area contributed by atoms with E-state index in [-0.39, 0.29) is 23.9 Å². The molecule has 1 amide bonds. The number of halogens is 1. The van der Waals surface area contributed by atoms with Crippen molar-refractivity contribution < 1.29 is 14.3 Å². The number of hydrogen-bond acceptors (Lipinski definition) is 4. The highest BCUT2D eigenvalue weighted by Gasteiger charge is 2.30. The molecule has 0 unspecified atom stereocenters. The lowest BCUT2D eigenvalue weighted by molar-refractivity contribution is -0.149. The summed E-state index contributed by atoms with van der Waals surface area (Å²) in [6.07, 6.45) is 8.60. The second kappa shape index (κ2) is 12.6. The monoisotopic (exact) mass is 510 g/mol. The zero-order valence-electron chi connectivity index (χ0n) is 21.7. The molecule has 0 radical (unpaired) electrons. The SMILES string of the molecule is CCCCC[C@H](C)OC(=O)C[C@H]1CCCN(C(=O)c2ccc(N3CCCC3)cc2Cl)c2ccccc21. The van der Waals surface area contributed by atoms with Crippen LogP contribution in [-0.2, 0) is 9.53 Å². The van der Waals surface area contributed by atoms with Gasteiger partial charge in [0.1, 0.15) is 0 Å². The molecule has 4 rings (SSSR count). The van der Waals surface area contributed by atoms with Crippen molar-refractivity contribution in [2.75, 3.05) is 29.4 Å². The summed E-state index contributed by atoms with van der Waals surface area (Å²) in [4.78, 5) is 30.6. The van der Waals surface area contributed by atoms with Crippen LogP contribution in [0.5, 0.6) is 0 Å². The van der Waals surface area contributed by atoms with Crippen LogP contribution in [0.15, 0.2) is 42.5 Å². The number of para-hydroxylation sites is 1. The first-order valence-corrected chi connectivity index (χ1v) is 14.0. The van der Waals surface area contributed by atoms with Gasteiger partial charge in [0.05, 0.1) is 23.1 Å². The van der Waals surface area contributed by atoms with Crippen molar-refractivity contribution in [2.24, 2.45) is 0 Å². The smallest absolute Gasteiger partial charge is 0.306 e. The minimum atomic E-state index is -0.154. The van der Waals surface area contributed by atoms with E-state index in [0.29, 0.717) is 23.6 Å². The molecule has 2 heterocycles. The largest absolute Gasteiger partial charge is 0.463 e. The topological polar surface area (TPSA) is 49.9 Å². The Morgan fingerprint density at radius 1 is 1.06 bits per heavy atom. The Balaban J connectivity index is 1.49. The number of esters is 1. The normalized spacial score (nSPS) is 18.5. The van der Waals surface area contributed by atoms with Crippen molar-refractivity contribution in [3.8, 4) is 0 Å². The van der Waals surface area contributed by atoms with E-state index in [9.17, 15) is 9.59 Å². The Bertz CT molecular complexity index is 1050. The number of benzene rings is 2. The van der Waals surface area contributed by atoms with E-state index < -0.39 is 0 Å². The summed E-state index contributed by atoms with van der Waals surface area (Å²) in [7, 11) is 0. The van der Waals surface area contributed by atoms with Crippen LogP contribution < -0.4 is 9.80 Å². The number of hydrogen-bond donors (Lipinski definition) is 0. The van der Waals surface area contributed by atoms with Gasteiger partial charge >= 0.3 is 5.97 Å². The lowest BCUT2D eigenvalue weighted by Gasteiger charge is -2.25. The first-order chi connectivity index (χ1) is 17.5. The van der Waals surface area contributed by atoms with Gasteiger partial charge in [-0.05, 0) is 81.2 Å². The minimum absolute atomic E-state index is 0.0300. The standard InChI is InChI=1S/C30H39ClN2O3/c1-3-4-5-11-22(2)36-29(34)20-23-12-10-19-33(28-14-7-6-13-25(23)28)30(35)26-16-15-24(21-27(26)31)32-17-8-9-18-32/h6-7,13-16,21-23H,3-5,8-12,17-20H2,1-2H3/t22-,23+/m0/s1. The molecule has 2 aromatic rings. The molecular formula is C30H39ClN2O3. The third-order valence-corrected chi connectivity index (χ3v) is 7.77. The fourth-order valence-corrected chi connectivity index (χ4v) is 5.74. The molecule has 2 aliphatic heterocycles. The molecule has 0 N–H and O–H groups in total. The van der Waals surface area contributed by atoms with E-state index in [2.05, 4.69) is 11.8 Å². The van der Waals surface area contributed by atoms with Gasteiger partial charge in [-0.1, -0.05) is 49.6 Å². The van der Waals surface area contributed by atoms with Gasteiger partial charge in [0.25, 0.3) is 5.91 Å². The average Bonchev–Trinajstić information content (AvgIpc) is 3.35. The van der Waals surface area contributed by atoms with Crippen molar-refractivity contribution in [2.45, 2.75) is 83.7 Å². The molecule has 0 bridgehead atoms. The molecule has 2 atom stereocenters. The van der Waals surface area contributed by atoms with Gasteiger partial charge in [-0.15, -0.1) is 0 Å². The molecule has 0 aliphatic carbocycles. The molecule has 36 heavy (non-hydrogen) atoms. The van der Waals surface area contributed by atoms with Gasteiger partial charge in [0.2, 0.25) is 0 Å². The van der Waals surface area contributed by atoms with E-state index in [1.807, 2.05) is 54.3 Å². The van der Waals surface area contributed by atoms with Gasteiger partial charge in [-0.2, -0.15) is 0 Å². The highest BCUT2D eigenvalue weighted by Crippen LogP contribution is 2.38. The number of anilines is 2. The van der Waals surface area contributed by atoms with Crippen molar-refractivity contribution in [3.05, 3.63) is 58.6 Å². The second-order valence-electron chi connectivity index (χ2n) is 10.2. The maximum atomic E-state index is 13.7. The molecule has 194 valence electrons. The molecule has 0 spiro atoms. The van der Waals surface area contributed by atoms with Crippen LogP contribution in [0.2, 0.25) is 5.02 Å². The first-order valence-electron chi connectivity index (χ1n) is 13.6. The van der Waals surface area contributed by atoms with Crippen molar-refractivity contribution in [1.29, 1.82) is 0 Å². The third-order valence-electron chi connectivity index (χ3n) is 7.46. The van der Waals surface area contributed by atoms with Crippen molar-refractivity contribution >= 4 is 34.9 Å². The number of amides is 1. The molecule has 0 saturated carbocycles. The lowest BCUT2D eigenvalue weighted by Crippen LogP contribution is -2.32. The van der Waals surface area contributed by atoms with E-state index in [4.69, 9.17) is 16.3 Å². The predicted molar refractivity (Wildman–Crippen MR) is 147 cm³/mol. The summed E-state index contributed by atoms with van der Waals surface area (Å²) >= 11 is 6.65. The lowest BCUT2D eigenvalue weighted by atomic mass is 9.91. The van der Waals surface area contributed by atoms with Gasteiger partial charge < -0.3 is 14.5 Å². The molecule has 6 heteroatoms. The van der Waals surface area contributed by atoms with Crippen LogP contribution >= 0.6 is 11.6 Å². The predicted octanol–water partition coefficient (Wildman–Crippen LogP) is 7.37. The number of fused-ring (bicyclic) bond motifs is 1. The molecule has 2 aliphatic rings. The molecule has 1 fully saturated rings. The zero-order valence-corrected chi connectivity index (χ0v) is 22.4. The fourth-order valence-electron chi connectivity index (χ4n) is 5.48. The Hall–Kier alpha value is -2.53. The van der Waals surface area contributed by atoms with Crippen LogP contribution in [0.4, 0.5) is 11.4 Å². The third kappa shape index (κ3) is 6.42. The zero-order chi connectivity index (χ0) is 25.5. The number of rotatable bonds is 9. The van der Waals surface area contributed by atoms with E-state index in [0.717, 1.165) is 68.6 Å². The second-order valence-corrected chi connectivity index (χ2v) is 10.6. The van der Waals surface area contributed by atoms with Crippen LogP contribution in [0.1, 0.15) is 93.5 Å². The summed E-state index contributed by atoms with van der Waals surface area (Å²) in [5.41, 5.74) is 3.50. The van der Waals surface area contributed by atoms with Gasteiger partial charge in [0.15, 0.2) is 0 Å². The Morgan fingerprint density at radius 2 is 1.83 bits per heavy atom. The summed E-state index contributed by atoms with van der Waals surface area (Å²) in [6, 6.07) is 13.8. The molecule has 2 aromatic carbocycles. The van der Waals surface area contributed by atoms with Crippen molar-refractivity contribution in [3.63, 3.8) is 0 Å². The summed E-state index contributed by atoms with van der Waals surface area (Å²) in [6.45, 7) is 6.81. The van der Waals surface area contributed by atoms with E-state index in [1.165, 1.54) is 12.8 Å². The highest BCUT2D eigenvalue weighted by atomic mass is 35.5. The van der Waals surface area contributed by atoms with Crippen molar-refractivity contribution in [1.82, 2.24) is 0 Å². The van der Waals surface area contributed by atoms with Gasteiger partial charge in [-0.25, -0.2) is 0 Å². The van der Waals surface area contributed by atoms with Crippen LogP contribution in [-0.4, -0.2) is 37.6 Å². The van der Waals surface area contributed by atoms with Gasteiger partial charge in [-0.3, -0.25) is 9.59 Å². The maximum Gasteiger partial charge on any atom is 0.306 e. The van der Waals surface area contributed by atoms with E-state index >= 15 is 0 Å². The van der Waals surface area contributed by atoms with Gasteiger partial charge in [0, 0.05) is 31.0 Å². The number of ether oxygens (including phenoxy) is 1. The number of nitrogens with zero attached hydrogens (tertiary/aromatic N) is 2. The quantitative estimate of drug-likeness (QED) is 0.261.